The summed E-state index contributed by atoms with van der Waals surface area (Å²) in [6, 6.07) is 13.0. The zero-order chi connectivity index (χ0) is 18.4. The van der Waals surface area contributed by atoms with Gasteiger partial charge in [0, 0.05) is 41.8 Å². The van der Waals surface area contributed by atoms with Crippen molar-refractivity contribution in [3.8, 4) is 11.3 Å². The third-order valence-corrected chi connectivity index (χ3v) is 4.17. The number of aromatic nitrogens is 3. The number of halogens is 1. The molecule has 2 N–H and O–H groups in total. The predicted molar refractivity (Wildman–Crippen MR) is 102 cm³/mol. The van der Waals surface area contributed by atoms with Gasteiger partial charge in [-0.3, -0.25) is 9.67 Å². The fourth-order valence-electron chi connectivity index (χ4n) is 2.51. The van der Waals surface area contributed by atoms with Crippen LogP contribution in [0.2, 0.25) is 5.02 Å². The molecule has 0 radical (unpaired) electrons. The third-order valence-electron chi connectivity index (χ3n) is 3.91. The Labute approximate surface area is 157 Å². The predicted octanol–water partition coefficient (Wildman–Crippen LogP) is 3.41. The molecule has 0 fully saturated rings. The lowest BCUT2D eigenvalue weighted by atomic mass is 10.2. The fourth-order valence-corrected chi connectivity index (χ4v) is 2.64. The van der Waals surface area contributed by atoms with Gasteiger partial charge in [0.1, 0.15) is 0 Å². The van der Waals surface area contributed by atoms with Gasteiger partial charge in [0.25, 0.3) is 0 Å². The molecule has 0 spiro atoms. The molecule has 2 heterocycles. The van der Waals surface area contributed by atoms with E-state index < -0.39 is 0 Å². The van der Waals surface area contributed by atoms with Crippen molar-refractivity contribution in [2.45, 2.75) is 20.0 Å². The first-order valence-electron chi connectivity index (χ1n) is 8.33. The summed E-state index contributed by atoms with van der Waals surface area (Å²) in [7, 11) is 0. The van der Waals surface area contributed by atoms with Gasteiger partial charge in [0.15, 0.2) is 0 Å². The number of rotatable bonds is 6. The monoisotopic (exact) mass is 369 g/mol. The summed E-state index contributed by atoms with van der Waals surface area (Å²) in [5, 5.41) is 10.9. The topological polar surface area (TPSA) is 71.8 Å². The van der Waals surface area contributed by atoms with E-state index in [4.69, 9.17) is 11.6 Å². The van der Waals surface area contributed by atoms with Gasteiger partial charge < -0.3 is 10.6 Å². The molecular weight excluding hydrogens is 350 g/mol. The molecule has 0 unspecified atom stereocenters. The quantitative estimate of drug-likeness (QED) is 0.699. The van der Waals surface area contributed by atoms with Gasteiger partial charge in [-0.25, -0.2) is 4.79 Å². The van der Waals surface area contributed by atoms with Gasteiger partial charge in [-0.2, -0.15) is 5.10 Å². The molecule has 0 aliphatic rings. The van der Waals surface area contributed by atoms with Crippen molar-refractivity contribution in [1.29, 1.82) is 0 Å². The van der Waals surface area contributed by atoms with Gasteiger partial charge in [0.2, 0.25) is 0 Å². The number of hydrogen-bond acceptors (Lipinski definition) is 3. The maximum atomic E-state index is 11.9. The largest absolute Gasteiger partial charge is 0.336 e. The minimum absolute atomic E-state index is 0.211. The van der Waals surface area contributed by atoms with Crippen LogP contribution in [0.25, 0.3) is 11.3 Å². The Morgan fingerprint density at radius 2 is 2.00 bits per heavy atom. The van der Waals surface area contributed by atoms with E-state index in [9.17, 15) is 4.79 Å². The molecule has 134 valence electrons. The summed E-state index contributed by atoms with van der Waals surface area (Å²) in [6.45, 7) is 3.53. The van der Waals surface area contributed by atoms with Crippen molar-refractivity contribution in [2.75, 3.05) is 6.54 Å². The third kappa shape index (κ3) is 4.83. The summed E-state index contributed by atoms with van der Waals surface area (Å²) < 4.78 is 1.88. The molecule has 3 aromatic rings. The number of pyridine rings is 1. The van der Waals surface area contributed by atoms with Crippen LogP contribution in [0.15, 0.2) is 54.9 Å². The molecule has 7 heteroatoms. The number of amides is 2. The molecule has 0 aliphatic heterocycles. The first-order valence-corrected chi connectivity index (χ1v) is 8.70. The first-order chi connectivity index (χ1) is 12.6. The zero-order valence-corrected chi connectivity index (χ0v) is 15.2. The normalized spacial score (nSPS) is 10.5. The highest BCUT2D eigenvalue weighted by molar-refractivity contribution is 6.30. The smallest absolute Gasteiger partial charge is 0.315 e. The van der Waals surface area contributed by atoms with Gasteiger partial charge in [-0.05, 0) is 42.8 Å². The average molecular weight is 370 g/mol. The molecule has 1 aromatic carbocycles. The molecule has 6 nitrogen and oxygen atoms in total. The Morgan fingerprint density at radius 3 is 2.73 bits per heavy atom. The number of carbonyl (C=O) groups excluding carboxylic acids is 1. The van der Waals surface area contributed by atoms with Crippen LogP contribution < -0.4 is 10.6 Å². The number of carbonyl (C=O) groups is 1. The standard InChI is InChI=1S/C19H20ClN5O/c1-14-11-18(16-3-2-8-21-13-16)24-25(14)10-9-22-19(26)23-12-15-4-6-17(20)7-5-15/h2-8,11,13H,9-10,12H2,1H3,(H2,22,23,26). The van der Waals surface area contributed by atoms with E-state index in [1.807, 2.05) is 41.9 Å². The van der Waals surface area contributed by atoms with Gasteiger partial charge >= 0.3 is 6.03 Å². The van der Waals surface area contributed by atoms with Gasteiger partial charge in [0.05, 0.1) is 12.2 Å². The van der Waals surface area contributed by atoms with E-state index in [2.05, 4.69) is 20.7 Å². The SMILES string of the molecule is Cc1cc(-c2cccnc2)nn1CCNC(=O)NCc1ccc(Cl)cc1. The summed E-state index contributed by atoms with van der Waals surface area (Å²) in [4.78, 5) is 16.0. The highest BCUT2D eigenvalue weighted by Crippen LogP contribution is 2.17. The van der Waals surface area contributed by atoms with Gasteiger partial charge in [-0.15, -0.1) is 0 Å². The van der Waals surface area contributed by atoms with Crippen LogP contribution in [0, 0.1) is 6.92 Å². The Morgan fingerprint density at radius 1 is 1.19 bits per heavy atom. The second-order valence-electron chi connectivity index (χ2n) is 5.87. The lowest BCUT2D eigenvalue weighted by Gasteiger charge is -2.09. The van der Waals surface area contributed by atoms with Crippen molar-refractivity contribution in [1.82, 2.24) is 25.4 Å². The van der Waals surface area contributed by atoms with Crippen LogP contribution in [0.3, 0.4) is 0 Å². The van der Waals surface area contributed by atoms with Crippen molar-refractivity contribution >= 4 is 17.6 Å². The van der Waals surface area contributed by atoms with Crippen LogP contribution in [0.1, 0.15) is 11.3 Å². The molecule has 0 saturated carbocycles. The highest BCUT2D eigenvalue weighted by Gasteiger charge is 2.07. The maximum absolute atomic E-state index is 11.9. The number of nitrogens with zero attached hydrogens (tertiary/aromatic N) is 3. The Balaban J connectivity index is 1.46. The van der Waals surface area contributed by atoms with Crippen LogP contribution in [-0.2, 0) is 13.1 Å². The maximum Gasteiger partial charge on any atom is 0.315 e. The van der Waals surface area contributed by atoms with E-state index in [0.29, 0.717) is 24.7 Å². The Hall–Kier alpha value is -2.86. The van der Waals surface area contributed by atoms with E-state index in [0.717, 1.165) is 22.5 Å². The first kappa shape index (κ1) is 17.9. The van der Waals surface area contributed by atoms with Crippen molar-refractivity contribution in [3.63, 3.8) is 0 Å². The lowest BCUT2D eigenvalue weighted by Crippen LogP contribution is -2.37. The fraction of sp³-hybridized carbons (Fsp3) is 0.211. The number of benzene rings is 1. The van der Waals surface area contributed by atoms with Crippen molar-refractivity contribution < 1.29 is 4.79 Å². The lowest BCUT2D eigenvalue weighted by molar-refractivity contribution is 0.240. The van der Waals surface area contributed by atoms with Crippen LogP contribution in [0.4, 0.5) is 4.79 Å². The Kier molecular flexibility index (Phi) is 5.86. The second-order valence-corrected chi connectivity index (χ2v) is 6.31. The highest BCUT2D eigenvalue weighted by atomic mass is 35.5. The molecule has 0 aliphatic carbocycles. The Bertz CT molecular complexity index is 861. The van der Waals surface area contributed by atoms with E-state index in [1.54, 1.807) is 24.5 Å². The number of urea groups is 1. The van der Waals surface area contributed by atoms with Crippen LogP contribution in [0.5, 0.6) is 0 Å². The molecule has 2 amide bonds. The minimum atomic E-state index is -0.211. The van der Waals surface area contributed by atoms with Gasteiger partial charge in [-0.1, -0.05) is 23.7 Å². The van der Waals surface area contributed by atoms with E-state index in [1.165, 1.54) is 0 Å². The number of nitrogens with one attached hydrogen (secondary N) is 2. The molecule has 26 heavy (non-hydrogen) atoms. The molecule has 0 saturated heterocycles. The zero-order valence-electron chi connectivity index (χ0n) is 14.4. The molecule has 3 rings (SSSR count). The van der Waals surface area contributed by atoms with E-state index >= 15 is 0 Å². The van der Waals surface area contributed by atoms with Crippen molar-refractivity contribution in [2.24, 2.45) is 0 Å². The van der Waals surface area contributed by atoms with E-state index in [-0.39, 0.29) is 6.03 Å². The number of aryl methyl sites for hydroxylation is 1. The minimum Gasteiger partial charge on any atom is -0.336 e. The summed E-state index contributed by atoms with van der Waals surface area (Å²) >= 11 is 5.84. The summed E-state index contributed by atoms with van der Waals surface area (Å²) in [5.74, 6) is 0. The van der Waals surface area contributed by atoms with Crippen LogP contribution in [-0.4, -0.2) is 27.3 Å². The molecule has 0 atom stereocenters. The summed E-state index contributed by atoms with van der Waals surface area (Å²) in [6.07, 6.45) is 3.52. The number of hydrogen-bond donors (Lipinski definition) is 2. The molecule has 0 bridgehead atoms. The molecule has 2 aromatic heterocycles. The van der Waals surface area contributed by atoms with Crippen molar-refractivity contribution in [3.05, 3.63) is 71.1 Å². The van der Waals surface area contributed by atoms with Crippen LogP contribution >= 0.6 is 11.6 Å². The molecular formula is C19H20ClN5O. The average Bonchev–Trinajstić information content (AvgIpc) is 3.03. The summed E-state index contributed by atoms with van der Waals surface area (Å²) in [5.41, 5.74) is 3.88. The second kappa shape index (κ2) is 8.49.